The molecule has 1 aromatic carbocycles. The Morgan fingerprint density at radius 3 is 2.78 bits per heavy atom. The van der Waals surface area contributed by atoms with Gasteiger partial charge >= 0.3 is 0 Å². The second-order valence-electron chi connectivity index (χ2n) is 5.51. The van der Waals surface area contributed by atoms with Crippen molar-refractivity contribution >= 4 is 17.4 Å². The fourth-order valence-corrected chi connectivity index (χ4v) is 4.54. The number of thioether (sulfide) groups is 1. The first-order valence-electron chi connectivity index (χ1n) is 6.93. The molecule has 1 aliphatic heterocycles. The smallest absolute Gasteiger partial charge is 0.0693 e. The molecule has 1 saturated carbocycles. The van der Waals surface area contributed by atoms with Crippen molar-refractivity contribution in [2.75, 3.05) is 12.3 Å². The maximum atomic E-state index is 6.08. The van der Waals surface area contributed by atoms with E-state index >= 15 is 0 Å². The minimum Gasteiger partial charge on any atom is -0.398 e. The van der Waals surface area contributed by atoms with Crippen molar-refractivity contribution in [1.29, 1.82) is 0 Å². The van der Waals surface area contributed by atoms with E-state index < -0.39 is 0 Å². The van der Waals surface area contributed by atoms with Gasteiger partial charge in [-0.1, -0.05) is 25.0 Å². The van der Waals surface area contributed by atoms with Crippen LogP contribution in [0.25, 0.3) is 0 Å². The van der Waals surface area contributed by atoms with Gasteiger partial charge in [-0.05, 0) is 37.8 Å². The van der Waals surface area contributed by atoms with Crippen molar-refractivity contribution in [1.82, 2.24) is 0 Å². The average molecular weight is 263 g/mol. The molecule has 98 valence electrons. The molecule has 1 spiro atoms. The van der Waals surface area contributed by atoms with Crippen molar-refractivity contribution in [2.45, 2.75) is 54.3 Å². The maximum absolute atomic E-state index is 6.08. The second kappa shape index (κ2) is 5.14. The quantitative estimate of drug-likeness (QED) is 0.823. The molecule has 1 saturated heterocycles. The average Bonchev–Trinajstić information content (AvgIpc) is 2.80. The number of ether oxygens (including phenoxy) is 1. The zero-order valence-corrected chi connectivity index (χ0v) is 11.5. The Morgan fingerprint density at radius 1 is 1.22 bits per heavy atom. The Bertz CT molecular complexity index is 415. The summed E-state index contributed by atoms with van der Waals surface area (Å²) < 4.78 is 6.08. The third-order valence-corrected chi connectivity index (χ3v) is 5.54. The van der Waals surface area contributed by atoms with Crippen LogP contribution in [0.1, 0.15) is 38.5 Å². The molecule has 1 atom stereocenters. The van der Waals surface area contributed by atoms with E-state index in [1.165, 1.54) is 37.0 Å². The number of hydrogen-bond acceptors (Lipinski definition) is 3. The van der Waals surface area contributed by atoms with Gasteiger partial charge in [-0.15, -0.1) is 11.8 Å². The number of nitrogens with two attached hydrogens (primary N) is 1. The van der Waals surface area contributed by atoms with Gasteiger partial charge in [0.2, 0.25) is 0 Å². The van der Waals surface area contributed by atoms with Gasteiger partial charge in [0, 0.05) is 22.4 Å². The summed E-state index contributed by atoms with van der Waals surface area (Å²) in [6.07, 6.45) is 7.55. The highest BCUT2D eigenvalue weighted by Gasteiger charge is 2.40. The Hall–Kier alpha value is -0.670. The van der Waals surface area contributed by atoms with E-state index in [0.717, 1.165) is 18.7 Å². The summed E-state index contributed by atoms with van der Waals surface area (Å²) in [7, 11) is 0. The third-order valence-electron chi connectivity index (χ3n) is 4.18. The lowest BCUT2D eigenvalue weighted by Crippen LogP contribution is -2.38. The van der Waals surface area contributed by atoms with Crippen LogP contribution in [-0.4, -0.2) is 17.5 Å². The Kier molecular flexibility index (Phi) is 3.53. The summed E-state index contributed by atoms with van der Waals surface area (Å²) in [5.74, 6) is 0. The Labute approximate surface area is 113 Å². The molecule has 0 bridgehead atoms. The first-order chi connectivity index (χ1) is 8.77. The van der Waals surface area contributed by atoms with Crippen molar-refractivity contribution in [2.24, 2.45) is 0 Å². The first-order valence-corrected chi connectivity index (χ1v) is 7.81. The lowest BCUT2D eigenvalue weighted by molar-refractivity contribution is -0.0703. The number of para-hydroxylation sites is 1. The normalized spacial score (nSPS) is 26.6. The zero-order chi connectivity index (χ0) is 12.4. The first kappa shape index (κ1) is 12.4. The molecular formula is C15H21NOS. The molecule has 2 N–H and O–H groups in total. The highest BCUT2D eigenvalue weighted by atomic mass is 32.2. The molecule has 1 unspecified atom stereocenters. The van der Waals surface area contributed by atoms with Crippen LogP contribution < -0.4 is 5.73 Å². The predicted octanol–water partition coefficient (Wildman–Crippen LogP) is 3.85. The number of benzene rings is 1. The van der Waals surface area contributed by atoms with Crippen LogP contribution in [-0.2, 0) is 4.74 Å². The molecule has 3 rings (SSSR count). The summed E-state index contributed by atoms with van der Waals surface area (Å²) in [5, 5.41) is 0.668. The number of nitrogen functional groups attached to an aromatic ring is 1. The molecule has 2 nitrogen and oxygen atoms in total. The molecule has 18 heavy (non-hydrogen) atoms. The van der Waals surface area contributed by atoms with Gasteiger partial charge in [0.25, 0.3) is 0 Å². The lowest BCUT2D eigenvalue weighted by atomic mass is 9.92. The number of rotatable bonds is 2. The van der Waals surface area contributed by atoms with E-state index in [1.807, 2.05) is 23.9 Å². The van der Waals surface area contributed by atoms with Crippen molar-refractivity contribution in [3.05, 3.63) is 24.3 Å². The summed E-state index contributed by atoms with van der Waals surface area (Å²) >= 11 is 1.95. The number of hydrogen-bond donors (Lipinski definition) is 1. The van der Waals surface area contributed by atoms with Crippen molar-refractivity contribution in [3.63, 3.8) is 0 Å². The van der Waals surface area contributed by atoms with Crippen molar-refractivity contribution < 1.29 is 4.74 Å². The molecule has 1 heterocycles. The van der Waals surface area contributed by atoms with Gasteiger partial charge in [0.1, 0.15) is 0 Å². The Balaban J connectivity index is 1.68. The van der Waals surface area contributed by atoms with E-state index in [-0.39, 0.29) is 5.60 Å². The summed E-state index contributed by atoms with van der Waals surface area (Å²) in [5.41, 5.74) is 7.15. The van der Waals surface area contributed by atoms with E-state index in [2.05, 4.69) is 12.1 Å². The predicted molar refractivity (Wildman–Crippen MR) is 76.9 cm³/mol. The summed E-state index contributed by atoms with van der Waals surface area (Å²) in [6, 6.07) is 8.20. The second-order valence-corrected chi connectivity index (χ2v) is 6.85. The monoisotopic (exact) mass is 263 g/mol. The molecule has 1 aromatic rings. The minimum absolute atomic E-state index is 0.208. The molecule has 0 amide bonds. The van der Waals surface area contributed by atoms with Crippen LogP contribution in [0.4, 0.5) is 5.69 Å². The molecular weight excluding hydrogens is 242 g/mol. The van der Waals surface area contributed by atoms with Crippen LogP contribution >= 0.6 is 11.8 Å². The van der Waals surface area contributed by atoms with Gasteiger partial charge in [0.15, 0.2) is 0 Å². The lowest BCUT2D eigenvalue weighted by Gasteiger charge is -2.38. The molecule has 3 heteroatoms. The van der Waals surface area contributed by atoms with Crippen LogP contribution in [0.3, 0.4) is 0 Å². The highest BCUT2D eigenvalue weighted by Crippen LogP contribution is 2.45. The van der Waals surface area contributed by atoms with Crippen LogP contribution in [0.2, 0.25) is 0 Å². The maximum Gasteiger partial charge on any atom is 0.0693 e. The molecule has 0 aromatic heterocycles. The highest BCUT2D eigenvalue weighted by molar-refractivity contribution is 8.00. The molecule has 2 aliphatic rings. The molecule has 2 fully saturated rings. The van der Waals surface area contributed by atoms with E-state index in [1.54, 1.807) is 0 Å². The third kappa shape index (κ3) is 2.52. The van der Waals surface area contributed by atoms with Crippen LogP contribution in [0.5, 0.6) is 0 Å². The fourth-order valence-electron chi connectivity index (χ4n) is 3.22. The van der Waals surface area contributed by atoms with Gasteiger partial charge < -0.3 is 10.5 Å². The van der Waals surface area contributed by atoms with E-state index in [4.69, 9.17) is 10.5 Å². The van der Waals surface area contributed by atoms with Crippen molar-refractivity contribution in [3.8, 4) is 0 Å². The number of anilines is 1. The van der Waals surface area contributed by atoms with Crippen LogP contribution in [0.15, 0.2) is 29.2 Å². The van der Waals surface area contributed by atoms with E-state index in [0.29, 0.717) is 5.25 Å². The largest absolute Gasteiger partial charge is 0.398 e. The van der Waals surface area contributed by atoms with Gasteiger partial charge in [0.05, 0.1) is 5.60 Å². The van der Waals surface area contributed by atoms with Crippen LogP contribution in [0, 0.1) is 0 Å². The fraction of sp³-hybridized carbons (Fsp3) is 0.600. The topological polar surface area (TPSA) is 35.2 Å². The molecule has 0 radical (unpaired) electrons. The Morgan fingerprint density at radius 2 is 2.00 bits per heavy atom. The summed E-state index contributed by atoms with van der Waals surface area (Å²) in [6.45, 7) is 0.921. The standard InChI is InChI=1S/C15H21NOS/c16-13-5-1-2-6-14(13)18-12-7-10-17-15(11-12)8-3-4-9-15/h1-2,5-6,12H,3-4,7-11,16H2. The van der Waals surface area contributed by atoms with Gasteiger partial charge in [-0.3, -0.25) is 0 Å². The van der Waals surface area contributed by atoms with Gasteiger partial charge in [-0.25, -0.2) is 0 Å². The zero-order valence-electron chi connectivity index (χ0n) is 10.7. The minimum atomic E-state index is 0.208. The molecule has 1 aliphatic carbocycles. The van der Waals surface area contributed by atoms with E-state index in [9.17, 15) is 0 Å². The summed E-state index contributed by atoms with van der Waals surface area (Å²) in [4.78, 5) is 1.23. The SMILES string of the molecule is Nc1ccccc1SC1CCOC2(CCCC2)C1. The van der Waals surface area contributed by atoms with Gasteiger partial charge in [-0.2, -0.15) is 0 Å².